The molecule has 0 saturated carbocycles. The number of nitrogens with zero attached hydrogens (tertiary/aromatic N) is 1. The molecule has 1 aliphatic heterocycles. The minimum absolute atomic E-state index is 0.0203. The Morgan fingerprint density at radius 3 is 3.00 bits per heavy atom. The molecule has 0 bridgehead atoms. The molecule has 0 spiro atoms. The average Bonchev–Trinajstić information content (AvgIpc) is 2.81. The molecule has 1 atom stereocenters. The highest BCUT2D eigenvalue weighted by molar-refractivity contribution is 7.99. The molecule has 5 nitrogen and oxygen atoms in total. The van der Waals surface area contributed by atoms with Crippen molar-refractivity contribution >= 4 is 23.1 Å². The number of hydrogen-bond donors (Lipinski definition) is 1. The van der Waals surface area contributed by atoms with Crippen LogP contribution in [0.1, 0.15) is 6.42 Å². The molecule has 17 heavy (non-hydrogen) atoms. The molecule has 1 fully saturated rings. The van der Waals surface area contributed by atoms with E-state index >= 15 is 0 Å². The first-order chi connectivity index (χ1) is 8.22. The minimum atomic E-state index is -0.400. The Hall–Kier alpha value is -1.43. The summed E-state index contributed by atoms with van der Waals surface area (Å²) >= 11 is 1.86. The van der Waals surface area contributed by atoms with Crippen LogP contribution in [0.25, 0.3) is 0 Å². The fourth-order valence-electron chi connectivity index (χ4n) is 1.86. The summed E-state index contributed by atoms with van der Waals surface area (Å²) in [6.45, 7) is 0. The Labute approximate surface area is 104 Å². The molecule has 1 N–H and O–H groups in total. The van der Waals surface area contributed by atoms with Crippen LogP contribution in [-0.4, -0.2) is 29.6 Å². The summed E-state index contributed by atoms with van der Waals surface area (Å²) in [5.41, 5.74) is 0.564. The first-order valence-corrected chi connectivity index (χ1v) is 6.53. The van der Waals surface area contributed by atoms with Gasteiger partial charge in [0, 0.05) is 11.8 Å². The quantitative estimate of drug-likeness (QED) is 0.660. The molecule has 2 rings (SSSR count). The van der Waals surface area contributed by atoms with Gasteiger partial charge in [-0.05, 0) is 24.3 Å². The van der Waals surface area contributed by atoms with E-state index in [9.17, 15) is 10.1 Å². The molecule has 1 saturated heterocycles. The van der Waals surface area contributed by atoms with Crippen LogP contribution in [0.5, 0.6) is 5.75 Å². The van der Waals surface area contributed by atoms with Crippen LogP contribution < -0.4 is 10.1 Å². The molecule has 1 unspecified atom stereocenters. The first kappa shape index (κ1) is 12.0. The van der Waals surface area contributed by atoms with Crippen LogP contribution in [0.3, 0.4) is 0 Å². The number of ether oxygens (including phenoxy) is 1. The van der Waals surface area contributed by atoms with E-state index in [1.165, 1.54) is 7.11 Å². The number of rotatable bonds is 4. The summed E-state index contributed by atoms with van der Waals surface area (Å²) in [5.74, 6) is 2.40. The topological polar surface area (TPSA) is 64.4 Å². The van der Waals surface area contributed by atoms with Gasteiger partial charge in [0.15, 0.2) is 5.75 Å². The summed E-state index contributed by atoms with van der Waals surface area (Å²) in [7, 11) is 1.44. The van der Waals surface area contributed by atoms with Crippen molar-refractivity contribution in [1.29, 1.82) is 0 Å². The van der Waals surface area contributed by atoms with Gasteiger partial charge >= 0.3 is 5.69 Å². The van der Waals surface area contributed by atoms with Crippen molar-refractivity contribution in [2.24, 2.45) is 0 Å². The highest BCUT2D eigenvalue weighted by Gasteiger charge is 2.23. The number of nitrogens with one attached hydrogen (secondary N) is 1. The van der Waals surface area contributed by atoms with Crippen molar-refractivity contribution in [2.45, 2.75) is 12.5 Å². The summed E-state index contributed by atoms with van der Waals surface area (Å²) < 4.78 is 5.02. The van der Waals surface area contributed by atoms with Gasteiger partial charge in [-0.25, -0.2) is 0 Å². The van der Waals surface area contributed by atoms with Crippen LogP contribution in [0, 0.1) is 10.1 Å². The van der Waals surface area contributed by atoms with E-state index < -0.39 is 4.92 Å². The summed E-state index contributed by atoms with van der Waals surface area (Å²) in [6, 6.07) is 5.40. The fourth-order valence-corrected chi connectivity index (χ4v) is 3.01. The maximum Gasteiger partial charge on any atom is 0.333 e. The number of para-hydroxylation sites is 1. The standard InChI is InChI=1S/C11H14N2O3S/c1-16-10-4-2-3-9(11(10)13(14)15)12-8-5-6-17-7-8/h2-4,8,12H,5-7H2,1H3. The van der Waals surface area contributed by atoms with E-state index in [2.05, 4.69) is 5.32 Å². The molecular formula is C11H14N2O3S. The maximum atomic E-state index is 11.1. The lowest BCUT2D eigenvalue weighted by Crippen LogP contribution is -2.18. The van der Waals surface area contributed by atoms with Crippen LogP contribution in [0.2, 0.25) is 0 Å². The van der Waals surface area contributed by atoms with Crippen molar-refractivity contribution in [1.82, 2.24) is 0 Å². The van der Waals surface area contributed by atoms with Gasteiger partial charge in [-0.15, -0.1) is 0 Å². The lowest BCUT2D eigenvalue weighted by atomic mass is 10.2. The van der Waals surface area contributed by atoms with E-state index in [1.54, 1.807) is 18.2 Å². The van der Waals surface area contributed by atoms with Gasteiger partial charge < -0.3 is 10.1 Å². The maximum absolute atomic E-state index is 11.1. The van der Waals surface area contributed by atoms with Gasteiger partial charge in [0.2, 0.25) is 0 Å². The third kappa shape index (κ3) is 2.63. The Bertz CT molecular complexity index is 419. The molecule has 0 radical (unpaired) electrons. The molecule has 0 aromatic heterocycles. The number of methoxy groups -OCH3 is 1. The Balaban J connectivity index is 2.28. The number of nitro groups is 1. The lowest BCUT2D eigenvalue weighted by Gasteiger charge is -2.14. The third-order valence-electron chi connectivity index (χ3n) is 2.69. The zero-order valence-electron chi connectivity index (χ0n) is 9.51. The zero-order chi connectivity index (χ0) is 12.3. The van der Waals surface area contributed by atoms with E-state index in [4.69, 9.17) is 4.74 Å². The van der Waals surface area contributed by atoms with Crippen LogP contribution >= 0.6 is 11.8 Å². The highest BCUT2D eigenvalue weighted by Crippen LogP contribution is 2.35. The van der Waals surface area contributed by atoms with Crippen molar-refractivity contribution in [3.8, 4) is 5.75 Å². The molecule has 92 valence electrons. The van der Waals surface area contributed by atoms with Gasteiger partial charge in [-0.2, -0.15) is 11.8 Å². The smallest absolute Gasteiger partial charge is 0.333 e. The Morgan fingerprint density at radius 1 is 1.59 bits per heavy atom. The molecule has 1 aliphatic rings. The van der Waals surface area contributed by atoms with Crippen molar-refractivity contribution in [3.63, 3.8) is 0 Å². The van der Waals surface area contributed by atoms with Gasteiger partial charge in [0.1, 0.15) is 5.69 Å². The first-order valence-electron chi connectivity index (χ1n) is 5.38. The fraction of sp³-hybridized carbons (Fsp3) is 0.455. The SMILES string of the molecule is COc1cccc(NC2CCSC2)c1[N+](=O)[O-]. The Morgan fingerprint density at radius 2 is 2.41 bits per heavy atom. The van der Waals surface area contributed by atoms with E-state index in [1.807, 2.05) is 11.8 Å². The average molecular weight is 254 g/mol. The molecule has 6 heteroatoms. The molecular weight excluding hydrogens is 240 g/mol. The molecule has 1 heterocycles. The molecule has 0 aliphatic carbocycles. The third-order valence-corrected chi connectivity index (χ3v) is 3.85. The minimum Gasteiger partial charge on any atom is -0.490 e. The van der Waals surface area contributed by atoms with E-state index in [0.29, 0.717) is 17.5 Å². The van der Waals surface area contributed by atoms with Gasteiger partial charge in [0.25, 0.3) is 0 Å². The normalized spacial score (nSPS) is 19.0. The largest absolute Gasteiger partial charge is 0.490 e. The Kier molecular flexibility index (Phi) is 3.73. The summed E-state index contributed by atoms with van der Waals surface area (Å²) in [4.78, 5) is 10.7. The van der Waals surface area contributed by atoms with Gasteiger partial charge in [-0.1, -0.05) is 6.07 Å². The second-order valence-corrected chi connectivity index (χ2v) is 4.97. The second kappa shape index (κ2) is 5.27. The van der Waals surface area contributed by atoms with Crippen molar-refractivity contribution in [2.75, 3.05) is 23.9 Å². The van der Waals surface area contributed by atoms with Crippen molar-refractivity contribution in [3.05, 3.63) is 28.3 Å². The van der Waals surface area contributed by atoms with Crippen LogP contribution in [-0.2, 0) is 0 Å². The highest BCUT2D eigenvalue weighted by atomic mass is 32.2. The molecule has 1 aromatic rings. The zero-order valence-corrected chi connectivity index (χ0v) is 10.3. The molecule has 0 amide bonds. The monoisotopic (exact) mass is 254 g/mol. The summed E-state index contributed by atoms with van der Waals surface area (Å²) in [6.07, 6.45) is 1.04. The van der Waals surface area contributed by atoms with Gasteiger partial charge in [0.05, 0.1) is 12.0 Å². The van der Waals surface area contributed by atoms with Gasteiger partial charge in [-0.3, -0.25) is 10.1 Å². The number of hydrogen-bond acceptors (Lipinski definition) is 5. The lowest BCUT2D eigenvalue weighted by molar-refractivity contribution is -0.384. The number of anilines is 1. The predicted molar refractivity (Wildman–Crippen MR) is 69.0 cm³/mol. The van der Waals surface area contributed by atoms with E-state index in [0.717, 1.165) is 17.9 Å². The van der Waals surface area contributed by atoms with Crippen molar-refractivity contribution < 1.29 is 9.66 Å². The number of thioether (sulfide) groups is 1. The second-order valence-electron chi connectivity index (χ2n) is 3.82. The van der Waals surface area contributed by atoms with Crippen LogP contribution in [0.4, 0.5) is 11.4 Å². The molecule has 1 aromatic carbocycles. The summed E-state index contributed by atoms with van der Waals surface area (Å²) in [5, 5.41) is 14.3. The van der Waals surface area contributed by atoms with E-state index in [-0.39, 0.29) is 5.69 Å². The number of benzene rings is 1. The number of nitro benzene ring substituents is 1. The predicted octanol–water partition coefficient (Wildman–Crippen LogP) is 2.52. The van der Waals surface area contributed by atoms with Crippen LogP contribution in [0.15, 0.2) is 18.2 Å².